The maximum Gasteiger partial charge on any atom is 0.152 e. The number of nitrogens with one attached hydrogen (secondary N) is 1. The Kier molecular flexibility index (Phi) is 3.01. The molecule has 0 unspecified atom stereocenters. The average Bonchev–Trinajstić information content (AvgIpc) is 2.32. The molecule has 0 aliphatic carbocycles. The molecular weight excluding hydrogens is 229 g/mol. The van der Waals surface area contributed by atoms with E-state index in [-0.39, 0.29) is 5.82 Å². The van der Waals surface area contributed by atoms with Crippen LogP contribution in [0.2, 0.25) is 5.02 Å². The van der Waals surface area contributed by atoms with Gasteiger partial charge in [-0.1, -0.05) is 11.6 Å². The molecule has 0 atom stereocenters. The van der Waals surface area contributed by atoms with Crippen molar-refractivity contribution in [2.75, 3.05) is 12.4 Å². The smallest absolute Gasteiger partial charge is 0.152 e. The van der Waals surface area contributed by atoms with Crippen molar-refractivity contribution in [3.63, 3.8) is 0 Å². The second-order valence-corrected chi connectivity index (χ2v) is 3.56. The normalized spacial score (nSPS) is 10.2. The molecule has 5 heteroatoms. The average molecular weight is 238 g/mol. The fraction of sp³-hybridized carbons (Fsp3) is 0.0909. The van der Waals surface area contributed by atoms with E-state index in [4.69, 9.17) is 11.6 Å². The summed E-state index contributed by atoms with van der Waals surface area (Å²) in [6.45, 7) is 0. The Bertz CT molecular complexity index is 516. The number of anilines is 1. The zero-order chi connectivity index (χ0) is 11.5. The van der Waals surface area contributed by atoms with Crippen molar-refractivity contribution in [1.29, 1.82) is 0 Å². The fourth-order valence-electron chi connectivity index (χ4n) is 1.40. The minimum atomic E-state index is -0.374. The van der Waals surface area contributed by atoms with E-state index in [1.807, 2.05) is 0 Å². The van der Waals surface area contributed by atoms with Crippen molar-refractivity contribution >= 4 is 17.4 Å². The zero-order valence-electron chi connectivity index (χ0n) is 8.54. The molecule has 0 radical (unpaired) electrons. The number of hydrogen-bond acceptors (Lipinski definition) is 3. The third-order valence-corrected chi connectivity index (χ3v) is 2.35. The Morgan fingerprint density at radius 2 is 2.00 bits per heavy atom. The summed E-state index contributed by atoms with van der Waals surface area (Å²) >= 11 is 5.83. The van der Waals surface area contributed by atoms with Crippen LogP contribution in [0.1, 0.15) is 0 Å². The fourth-order valence-corrected chi connectivity index (χ4v) is 1.57. The van der Waals surface area contributed by atoms with Gasteiger partial charge in [0.15, 0.2) is 5.82 Å². The highest BCUT2D eigenvalue weighted by atomic mass is 35.5. The van der Waals surface area contributed by atoms with Gasteiger partial charge in [-0.3, -0.25) is 4.98 Å². The third kappa shape index (κ3) is 1.97. The summed E-state index contributed by atoms with van der Waals surface area (Å²) in [4.78, 5) is 8.16. The van der Waals surface area contributed by atoms with Crippen molar-refractivity contribution in [3.05, 3.63) is 41.4 Å². The van der Waals surface area contributed by atoms with Gasteiger partial charge >= 0.3 is 0 Å². The molecule has 2 aromatic rings. The molecule has 1 aromatic carbocycles. The minimum Gasteiger partial charge on any atom is -0.371 e. The van der Waals surface area contributed by atoms with Gasteiger partial charge in [0.2, 0.25) is 0 Å². The van der Waals surface area contributed by atoms with E-state index in [2.05, 4.69) is 15.3 Å². The van der Waals surface area contributed by atoms with E-state index in [1.54, 1.807) is 7.05 Å². The quantitative estimate of drug-likeness (QED) is 0.873. The predicted octanol–water partition coefficient (Wildman–Crippen LogP) is 2.98. The second kappa shape index (κ2) is 4.45. The number of benzene rings is 1. The molecule has 0 aliphatic heterocycles. The summed E-state index contributed by atoms with van der Waals surface area (Å²) in [5.74, 6) is 0.144. The van der Waals surface area contributed by atoms with Crippen molar-refractivity contribution in [2.24, 2.45) is 0 Å². The highest BCUT2D eigenvalue weighted by Crippen LogP contribution is 2.28. The Balaban J connectivity index is 2.62. The summed E-state index contributed by atoms with van der Waals surface area (Å²) in [7, 11) is 1.70. The molecule has 0 bridgehead atoms. The van der Waals surface area contributed by atoms with Crippen LogP contribution >= 0.6 is 11.6 Å². The van der Waals surface area contributed by atoms with E-state index >= 15 is 0 Å². The van der Waals surface area contributed by atoms with E-state index in [0.29, 0.717) is 22.1 Å². The molecule has 0 aliphatic rings. The minimum absolute atomic E-state index is 0.338. The number of rotatable bonds is 2. The van der Waals surface area contributed by atoms with Crippen molar-refractivity contribution in [1.82, 2.24) is 9.97 Å². The van der Waals surface area contributed by atoms with Crippen molar-refractivity contribution < 1.29 is 4.39 Å². The molecule has 2 rings (SSSR count). The molecule has 16 heavy (non-hydrogen) atoms. The first-order chi connectivity index (χ1) is 7.72. The zero-order valence-corrected chi connectivity index (χ0v) is 9.29. The highest BCUT2D eigenvalue weighted by molar-refractivity contribution is 6.30. The molecule has 0 spiro atoms. The molecule has 82 valence electrons. The van der Waals surface area contributed by atoms with Crippen LogP contribution in [0.5, 0.6) is 0 Å². The topological polar surface area (TPSA) is 37.8 Å². The molecule has 0 saturated heterocycles. The summed E-state index contributed by atoms with van der Waals surface area (Å²) in [5, 5.41) is 3.32. The Hall–Kier alpha value is -1.68. The maximum absolute atomic E-state index is 13.6. The molecule has 1 heterocycles. The van der Waals surface area contributed by atoms with Crippen LogP contribution in [0.25, 0.3) is 11.3 Å². The molecule has 3 nitrogen and oxygen atoms in total. The summed E-state index contributed by atoms with van der Waals surface area (Å²) in [6.07, 6.45) is 3.05. The summed E-state index contributed by atoms with van der Waals surface area (Å²) < 4.78 is 13.6. The van der Waals surface area contributed by atoms with Gasteiger partial charge in [-0.2, -0.15) is 0 Å². The van der Waals surface area contributed by atoms with E-state index < -0.39 is 0 Å². The molecule has 0 fully saturated rings. The molecule has 0 amide bonds. The number of hydrogen-bond donors (Lipinski definition) is 1. The number of halogens is 2. The van der Waals surface area contributed by atoms with Gasteiger partial charge in [0.25, 0.3) is 0 Å². The standard InChI is InChI=1S/C11H9ClFN3/c1-14-11-10(15-4-5-16-11)8-6-7(12)2-3-9(8)13/h2-6H,1H3,(H,14,16). The lowest BCUT2D eigenvalue weighted by molar-refractivity contribution is 0.630. The SMILES string of the molecule is CNc1nccnc1-c1cc(Cl)ccc1F. The van der Waals surface area contributed by atoms with Crippen molar-refractivity contribution in [3.8, 4) is 11.3 Å². The Morgan fingerprint density at radius 1 is 1.25 bits per heavy atom. The second-order valence-electron chi connectivity index (χ2n) is 3.13. The number of nitrogens with zero attached hydrogens (tertiary/aromatic N) is 2. The maximum atomic E-state index is 13.6. The van der Waals surface area contributed by atoms with Crippen LogP contribution in [-0.4, -0.2) is 17.0 Å². The van der Waals surface area contributed by atoms with Gasteiger partial charge < -0.3 is 5.32 Å². The van der Waals surface area contributed by atoms with Crippen LogP contribution in [0.4, 0.5) is 10.2 Å². The summed E-state index contributed by atoms with van der Waals surface area (Å²) in [5.41, 5.74) is 0.787. The Morgan fingerprint density at radius 3 is 2.75 bits per heavy atom. The van der Waals surface area contributed by atoms with E-state index in [1.165, 1.54) is 30.6 Å². The molecule has 0 saturated carbocycles. The lowest BCUT2D eigenvalue weighted by Crippen LogP contribution is -1.98. The van der Waals surface area contributed by atoms with Crippen LogP contribution in [0.15, 0.2) is 30.6 Å². The first-order valence-corrected chi connectivity index (χ1v) is 5.04. The van der Waals surface area contributed by atoms with Crippen LogP contribution in [0.3, 0.4) is 0 Å². The monoisotopic (exact) mass is 237 g/mol. The predicted molar refractivity (Wildman–Crippen MR) is 62.0 cm³/mol. The van der Waals surface area contributed by atoms with Crippen LogP contribution in [-0.2, 0) is 0 Å². The van der Waals surface area contributed by atoms with E-state index in [0.717, 1.165) is 0 Å². The highest BCUT2D eigenvalue weighted by Gasteiger charge is 2.11. The first kappa shape index (κ1) is 10.8. The van der Waals surface area contributed by atoms with Gasteiger partial charge in [-0.15, -0.1) is 0 Å². The lowest BCUT2D eigenvalue weighted by atomic mass is 10.1. The van der Waals surface area contributed by atoms with Gasteiger partial charge in [-0.05, 0) is 18.2 Å². The van der Waals surface area contributed by atoms with Crippen molar-refractivity contribution in [2.45, 2.75) is 0 Å². The Labute approximate surface area is 97.3 Å². The van der Waals surface area contributed by atoms with Gasteiger partial charge in [0, 0.05) is 30.0 Å². The van der Waals surface area contributed by atoms with E-state index in [9.17, 15) is 4.39 Å². The lowest BCUT2D eigenvalue weighted by Gasteiger charge is -2.07. The van der Waals surface area contributed by atoms with Gasteiger partial charge in [-0.25, -0.2) is 9.37 Å². The molecular formula is C11H9ClFN3. The third-order valence-electron chi connectivity index (χ3n) is 2.12. The molecule has 1 aromatic heterocycles. The largest absolute Gasteiger partial charge is 0.371 e. The number of aromatic nitrogens is 2. The van der Waals surface area contributed by atoms with Crippen LogP contribution < -0.4 is 5.32 Å². The van der Waals surface area contributed by atoms with Crippen LogP contribution in [0, 0.1) is 5.82 Å². The van der Waals surface area contributed by atoms with Gasteiger partial charge in [0.05, 0.1) is 0 Å². The first-order valence-electron chi connectivity index (χ1n) is 4.66. The van der Waals surface area contributed by atoms with Gasteiger partial charge in [0.1, 0.15) is 11.5 Å². The molecule has 1 N–H and O–H groups in total. The summed E-state index contributed by atoms with van der Waals surface area (Å²) in [6, 6.07) is 4.34.